The van der Waals surface area contributed by atoms with Gasteiger partial charge in [0.05, 0.1) is 23.9 Å². The quantitative estimate of drug-likeness (QED) is 0.797. The average Bonchev–Trinajstić information content (AvgIpc) is 3.03. The van der Waals surface area contributed by atoms with Crippen molar-refractivity contribution in [3.8, 4) is 0 Å². The zero-order valence-corrected chi connectivity index (χ0v) is 11.7. The first-order chi connectivity index (χ1) is 10.0. The Morgan fingerprint density at radius 2 is 2.29 bits per heavy atom. The summed E-state index contributed by atoms with van der Waals surface area (Å²) in [6.45, 7) is 0.297. The van der Waals surface area contributed by atoms with Gasteiger partial charge in [0.1, 0.15) is 17.3 Å². The lowest BCUT2D eigenvalue weighted by molar-refractivity contribution is 0.0776. The molecule has 6 nitrogen and oxygen atoms in total. The number of H-pyrrole nitrogens is 1. The summed E-state index contributed by atoms with van der Waals surface area (Å²) in [4.78, 5) is 25.1. The normalized spacial score (nSPS) is 11.0. The highest BCUT2D eigenvalue weighted by molar-refractivity contribution is 5.91. The lowest BCUT2D eigenvalue weighted by Gasteiger charge is -2.13. The van der Waals surface area contributed by atoms with Gasteiger partial charge in [-0.05, 0) is 18.2 Å². The molecule has 3 rings (SSSR count). The van der Waals surface area contributed by atoms with Crippen LogP contribution in [0.2, 0.25) is 0 Å². The minimum absolute atomic E-state index is 0.192. The number of hydrogen-bond donors (Lipinski definition) is 1. The fourth-order valence-corrected chi connectivity index (χ4v) is 2.12. The van der Waals surface area contributed by atoms with Crippen LogP contribution in [0.3, 0.4) is 0 Å². The SMILES string of the molecule is CN(Cc1nc2ccc(F)cc2[nH]1)C(=O)c1cn(C)cn1. The molecular formula is C14H14FN5O. The van der Waals surface area contributed by atoms with E-state index in [4.69, 9.17) is 0 Å². The second-order valence-electron chi connectivity index (χ2n) is 4.93. The van der Waals surface area contributed by atoms with Gasteiger partial charge in [-0.25, -0.2) is 14.4 Å². The largest absolute Gasteiger partial charge is 0.340 e. The molecule has 0 aliphatic carbocycles. The van der Waals surface area contributed by atoms with Gasteiger partial charge < -0.3 is 14.5 Å². The standard InChI is InChI=1S/C14H14FN5O/c1-19-6-12(16-8-19)14(21)20(2)7-13-17-10-4-3-9(15)5-11(10)18-13/h3-6,8H,7H2,1-2H3,(H,17,18). The van der Waals surface area contributed by atoms with Crippen LogP contribution in [0.1, 0.15) is 16.3 Å². The summed E-state index contributed by atoms with van der Waals surface area (Å²) in [5.41, 5.74) is 1.66. The van der Waals surface area contributed by atoms with Crippen LogP contribution in [-0.2, 0) is 13.6 Å². The maximum absolute atomic E-state index is 13.1. The molecular weight excluding hydrogens is 273 g/mol. The van der Waals surface area contributed by atoms with Crippen molar-refractivity contribution in [1.82, 2.24) is 24.4 Å². The molecule has 0 atom stereocenters. The Morgan fingerprint density at radius 3 is 3.00 bits per heavy atom. The number of hydrogen-bond acceptors (Lipinski definition) is 3. The van der Waals surface area contributed by atoms with Crippen LogP contribution in [0.4, 0.5) is 4.39 Å². The van der Waals surface area contributed by atoms with Crippen LogP contribution in [0.25, 0.3) is 11.0 Å². The number of aromatic amines is 1. The number of aromatic nitrogens is 4. The molecule has 0 aliphatic heterocycles. The van der Waals surface area contributed by atoms with E-state index in [0.717, 1.165) is 0 Å². The molecule has 108 valence electrons. The van der Waals surface area contributed by atoms with Gasteiger partial charge >= 0.3 is 0 Å². The summed E-state index contributed by atoms with van der Waals surface area (Å²) in [6.07, 6.45) is 3.23. The van der Waals surface area contributed by atoms with Crippen LogP contribution in [0.5, 0.6) is 0 Å². The first-order valence-corrected chi connectivity index (χ1v) is 6.40. The number of nitrogens with one attached hydrogen (secondary N) is 1. The summed E-state index contributed by atoms with van der Waals surface area (Å²) in [7, 11) is 3.47. The lowest BCUT2D eigenvalue weighted by atomic mass is 10.3. The molecule has 3 aromatic rings. The number of nitrogens with zero attached hydrogens (tertiary/aromatic N) is 4. The van der Waals surface area contributed by atoms with Crippen LogP contribution >= 0.6 is 0 Å². The number of fused-ring (bicyclic) bond motifs is 1. The Kier molecular flexibility index (Phi) is 3.17. The number of carbonyl (C=O) groups is 1. The van der Waals surface area contributed by atoms with Crippen LogP contribution in [0, 0.1) is 5.82 Å². The van der Waals surface area contributed by atoms with E-state index in [1.54, 1.807) is 37.3 Å². The predicted molar refractivity (Wildman–Crippen MR) is 75.1 cm³/mol. The Hall–Kier alpha value is -2.70. The zero-order chi connectivity index (χ0) is 15.0. The molecule has 0 fully saturated rings. The third-order valence-electron chi connectivity index (χ3n) is 3.15. The molecule has 0 bridgehead atoms. The van der Waals surface area contributed by atoms with Gasteiger partial charge in [0.25, 0.3) is 5.91 Å². The van der Waals surface area contributed by atoms with E-state index in [-0.39, 0.29) is 11.7 Å². The third kappa shape index (κ3) is 2.62. The number of benzene rings is 1. The fourth-order valence-electron chi connectivity index (χ4n) is 2.12. The lowest BCUT2D eigenvalue weighted by Crippen LogP contribution is -2.27. The molecule has 21 heavy (non-hydrogen) atoms. The minimum atomic E-state index is -0.324. The van der Waals surface area contributed by atoms with Crippen molar-refractivity contribution in [3.05, 3.63) is 48.1 Å². The molecule has 1 amide bonds. The van der Waals surface area contributed by atoms with Gasteiger partial charge in [-0.3, -0.25) is 4.79 Å². The first-order valence-electron chi connectivity index (χ1n) is 6.40. The van der Waals surface area contributed by atoms with E-state index < -0.39 is 0 Å². The van der Waals surface area contributed by atoms with Gasteiger partial charge in [-0.2, -0.15) is 0 Å². The smallest absolute Gasteiger partial charge is 0.274 e. The second kappa shape index (κ2) is 5.01. The van der Waals surface area contributed by atoms with E-state index in [9.17, 15) is 9.18 Å². The van der Waals surface area contributed by atoms with Gasteiger partial charge in [0.2, 0.25) is 0 Å². The van der Waals surface area contributed by atoms with Crippen LogP contribution in [-0.4, -0.2) is 37.4 Å². The minimum Gasteiger partial charge on any atom is -0.340 e. The molecule has 0 spiro atoms. The number of carbonyl (C=O) groups excluding carboxylic acids is 1. The Bertz CT molecular complexity index is 807. The molecule has 7 heteroatoms. The molecule has 0 aliphatic rings. The molecule has 1 aromatic carbocycles. The van der Waals surface area contributed by atoms with Crippen molar-refractivity contribution in [1.29, 1.82) is 0 Å². The van der Waals surface area contributed by atoms with Gasteiger partial charge in [-0.15, -0.1) is 0 Å². The Morgan fingerprint density at radius 1 is 1.48 bits per heavy atom. The highest BCUT2D eigenvalue weighted by Gasteiger charge is 2.16. The molecule has 1 N–H and O–H groups in total. The van der Waals surface area contributed by atoms with E-state index >= 15 is 0 Å². The number of imidazole rings is 2. The van der Waals surface area contributed by atoms with Crippen LogP contribution in [0.15, 0.2) is 30.7 Å². The average molecular weight is 287 g/mol. The van der Waals surface area contributed by atoms with Gasteiger partial charge in [0, 0.05) is 20.3 Å². The molecule has 2 aromatic heterocycles. The summed E-state index contributed by atoms with van der Waals surface area (Å²) in [5, 5.41) is 0. The van der Waals surface area contributed by atoms with E-state index in [2.05, 4.69) is 15.0 Å². The van der Waals surface area contributed by atoms with E-state index in [1.165, 1.54) is 17.0 Å². The second-order valence-corrected chi connectivity index (χ2v) is 4.93. The van der Waals surface area contributed by atoms with Crippen molar-refractivity contribution < 1.29 is 9.18 Å². The summed E-state index contributed by atoms with van der Waals surface area (Å²) >= 11 is 0. The van der Waals surface area contributed by atoms with Crippen molar-refractivity contribution in [3.63, 3.8) is 0 Å². The van der Waals surface area contributed by atoms with Gasteiger partial charge in [-0.1, -0.05) is 0 Å². The number of amides is 1. The Labute approximate surface area is 120 Å². The molecule has 2 heterocycles. The summed E-state index contributed by atoms with van der Waals surface area (Å²) < 4.78 is 14.9. The molecule has 0 unspecified atom stereocenters. The predicted octanol–water partition coefficient (Wildman–Crippen LogP) is 1.71. The molecule has 0 saturated heterocycles. The summed E-state index contributed by atoms with van der Waals surface area (Å²) in [6, 6.07) is 4.34. The molecule has 0 radical (unpaired) electrons. The highest BCUT2D eigenvalue weighted by atomic mass is 19.1. The monoisotopic (exact) mass is 287 g/mol. The Balaban J connectivity index is 1.79. The van der Waals surface area contributed by atoms with E-state index in [0.29, 0.717) is 29.1 Å². The zero-order valence-electron chi connectivity index (χ0n) is 11.7. The highest BCUT2D eigenvalue weighted by Crippen LogP contribution is 2.14. The fraction of sp³-hybridized carbons (Fsp3) is 0.214. The number of aryl methyl sites for hydroxylation is 1. The summed E-state index contributed by atoms with van der Waals surface area (Å²) in [5.74, 6) is 0.0836. The van der Waals surface area contributed by atoms with Crippen molar-refractivity contribution in [2.75, 3.05) is 7.05 Å². The number of halogens is 1. The van der Waals surface area contributed by atoms with Gasteiger partial charge in [0.15, 0.2) is 0 Å². The van der Waals surface area contributed by atoms with Crippen molar-refractivity contribution in [2.45, 2.75) is 6.54 Å². The first kappa shape index (κ1) is 13.3. The van der Waals surface area contributed by atoms with E-state index in [1.807, 2.05) is 0 Å². The third-order valence-corrected chi connectivity index (χ3v) is 3.15. The van der Waals surface area contributed by atoms with Crippen molar-refractivity contribution in [2.24, 2.45) is 7.05 Å². The maximum atomic E-state index is 13.1. The maximum Gasteiger partial charge on any atom is 0.274 e. The van der Waals surface area contributed by atoms with Crippen LogP contribution < -0.4 is 0 Å². The molecule has 0 saturated carbocycles. The number of rotatable bonds is 3. The van der Waals surface area contributed by atoms with Crippen molar-refractivity contribution >= 4 is 16.9 Å². The topological polar surface area (TPSA) is 66.8 Å².